The number of hydrogen-bond acceptors (Lipinski definition) is 5. The molecule has 1 aliphatic rings. The summed E-state index contributed by atoms with van der Waals surface area (Å²) in [6.45, 7) is -0.119. The number of hydrogen-bond donors (Lipinski definition) is 0. The molecule has 0 aromatic heterocycles. The standard InChI is InChI=1S/C17H15Cl2N3O4S2/c18-14-9-15(19)11-16(10-14)27(23,24)21-5-7-22(8-6-21)28(25,26)17-4-2-1-3-13(17)12-20/h1-4,9-11H,5-8H2. The predicted molar refractivity (Wildman–Crippen MR) is 105 cm³/mol. The number of sulfonamides is 2. The molecule has 11 heteroatoms. The lowest BCUT2D eigenvalue weighted by Gasteiger charge is -2.33. The van der Waals surface area contributed by atoms with Crippen molar-refractivity contribution in [3.8, 4) is 6.07 Å². The topological polar surface area (TPSA) is 98.5 Å². The van der Waals surface area contributed by atoms with Crippen molar-refractivity contribution in [2.45, 2.75) is 9.79 Å². The molecule has 0 aliphatic carbocycles. The van der Waals surface area contributed by atoms with E-state index in [9.17, 15) is 16.8 Å². The van der Waals surface area contributed by atoms with Gasteiger partial charge in [0.2, 0.25) is 20.0 Å². The van der Waals surface area contributed by atoms with Crippen LogP contribution in [0.25, 0.3) is 0 Å². The molecule has 1 saturated heterocycles. The van der Waals surface area contributed by atoms with E-state index < -0.39 is 20.0 Å². The molecule has 7 nitrogen and oxygen atoms in total. The molecule has 3 rings (SSSR count). The summed E-state index contributed by atoms with van der Waals surface area (Å²) in [5, 5.41) is 9.55. The molecule has 0 unspecified atom stereocenters. The number of piperazine rings is 1. The molecule has 148 valence electrons. The van der Waals surface area contributed by atoms with Crippen molar-refractivity contribution < 1.29 is 16.8 Å². The molecule has 2 aromatic rings. The average Bonchev–Trinajstić information content (AvgIpc) is 2.67. The van der Waals surface area contributed by atoms with E-state index in [1.54, 1.807) is 6.07 Å². The second kappa shape index (κ2) is 7.99. The molecule has 1 aliphatic heterocycles. The average molecular weight is 460 g/mol. The minimum absolute atomic E-state index is 0.0274. The van der Waals surface area contributed by atoms with Gasteiger partial charge in [0, 0.05) is 36.2 Å². The molecule has 0 atom stereocenters. The van der Waals surface area contributed by atoms with Crippen molar-refractivity contribution in [2.75, 3.05) is 26.2 Å². The van der Waals surface area contributed by atoms with Gasteiger partial charge in [-0.1, -0.05) is 35.3 Å². The Morgan fingerprint density at radius 2 is 1.32 bits per heavy atom. The molecule has 1 fully saturated rings. The first-order chi connectivity index (χ1) is 13.2. The molecule has 0 bridgehead atoms. The fourth-order valence-electron chi connectivity index (χ4n) is 2.90. The van der Waals surface area contributed by atoms with Crippen LogP contribution in [0.2, 0.25) is 10.0 Å². The highest BCUT2D eigenvalue weighted by Crippen LogP contribution is 2.27. The smallest absolute Gasteiger partial charge is 0.207 e. The first-order valence-corrected chi connectivity index (χ1v) is 11.8. The first-order valence-electron chi connectivity index (χ1n) is 8.12. The summed E-state index contributed by atoms with van der Waals surface area (Å²) in [6, 6.07) is 11.8. The van der Waals surface area contributed by atoms with Gasteiger partial charge in [-0.15, -0.1) is 0 Å². The highest BCUT2D eigenvalue weighted by molar-refractivity contribution is 7.89. The van der Waals surface area contributed by atoms with Crippen LogP contribution in [0.1, 0.15) is 5.56 Å². The van der Waals surface area contributed by atoms with Crippen molar-refractivity contribution in [1.82, 2.24) is 8.61 Å². The van der Waals surface area contributed by atoms with Gasteiger partial charge in [0.25, 0.3) is 0 Å². The van der Waals surface area contributed by atoms with Gasteiger partial charge in [0.1, 0.15) is 6.07 Å². The third-order valence-electron chi connectivity index (χ3n) is 4.30. The summed E-state index contributed by atoms with van der Waals surface area (Å²) in [4.78, 5) is -0.133. The molecule has 0 saturated carbocycles. The van der Waals surface area contributed by atoms with Gasteiger partial charge in [-0.05, 0) is 30.3 Å². The predicted octanol–water partition coefficient (Wildman–Crippen LogP) is 2.56. The minimum Gasteiger partial charge on any atom is -0.207 e. The Kier molecular flexibility index (Phi) is 6.00. The largest absolute Gasteiger partial charge is 0.244 e. The van der Waals surface area contributed by atoms with Crippen LogP contribution in [-0.2, 0) is 20.0 Å². The molecule has 0 spiro atoms. The maximum absolute atomic E-state index is 12.9. The molecule has 28 heavy (non-hydrogen) atoms. The van der Waals surface area contributed by atoms with E-state index in [1.807, 2.05) is 6.07 Å². The zero-order chi connectivity index (χ0) is 20.5. The van der Waals surface area contributed by atoms with Crippen LogP contribution in [0.5, 0.6) is 0 Å². The lowest BCUT2D eigenvalue weighted by molar-refractivity contribution is 0.273. The van der Waals surface area contributed by atoms with Crippen molar-refractivity contribution in [3.63, 3.8) is 0 Å². The maximum atomic E-state index is 12.9. The summed E-state index contributed by atoms with van der Waals surface area (Å²) in [7, 11) is -7.77. The van der Waals surface area contributed by atoms with E-state index >= 15 is 0 Å². The SMILES string of the molecule is N#Cc1ccccc1S(=O)(=O)N1CCN(S(=O)(=O)c2cc(Cl)cc(Cl)c2)CC1. The highest BCUT2D eigenvalue weighted by atomic mass is 35.5. The Balaban J connectivity index is 1.81. The molecular weight excluding hydrogens is 445 g/mol. The van der Waals surface area contributed by atoms with Crippen molar-refractivity contribution in [3.05, 3.63) is 58.1 Å². The fourth-order valence-corrected chi connectivity index (χ4v) is 6.61. The Morgan fingerprint density at radius 1 is 0.821 bits per heavy atom. The quantitative estimate of drug-likeness (QED) is 0.699. The van der Waals surface area contributed by atoms with Gasteiger partial charge in [-0.3, -0.25) is 0 Å². The van der Waals surface area contributed by atoms with Crippen LogP contribution in [-0.4, -0.2) is 51.6 Å². The van der Waals surface area contributed by atoms with E-state index in [1.165, 1.54) is 45.0 Å². The molecular formula is C17H15Cl2N3O4S2. The van der Waals surface area contributed by atoms with Crippen molar-refractivity contribution >= 4 is 43.2 Å². The Labute approximate surface area is 173 Å². The lowest BCUT2D eigenvalue weighted by Crippen LogP contribution is -2.50. The normalized spacial score (nSPS) is 16.6. The monoisotopic (exact) mass is 459 g/mol. The Morgan fingerprint density at radius 3 is 1.86 bits per heavy atom. The second-order valence-corrected chi connectivity index (χ2v) is 10.7. The van der Waals surface area contributed by atoms with E-state index in [2.05, 4.69) is 0 Å². The Bertz CT molecular complexity index is 1130. The number of nitrogens with zero attached hydrogens (tertiary/aromatic N) is 3. The summed E-state index contributed by atoms with van der Waals surface area (Å²) in [5.74, 6) is 0. The molecule has 0 radical (unpaired) electrons. The van der Waals surface area contributed by atoms with Crippen molar-refractivity contribution in [2.24, 2.45) is 0 Å². The third-order valence-corrected chi connectivity index (χ3v) is 8.57. The molecule has 0 N–H and O–H groups in total. The summed E-state index contributed by atoms with van der Waals surface area (Å²) < 4.78 is 53.7. The minimum atomic E-state index is -3.90. The summed E-state index contributed by atoms with van der Waals surface area (Å²) in [5.41, 5.74) is 0.0473. The maximum Gasteiger partial charge on any atom is 0.244 e. The first kappa shape index (κ1) is 21.0. The number of halogens is 2. The van der Waals surface area contributed by atoms with Crippen LogP contribution in [0.4, 0.5) is 0 Å². The van der Waals surface area contributed by atoms with Crippen molar-refractivity contribution in [1.29, 1.82) is 5.26 Å². The van der Waals surface area contributed by atoms with Crippen LogP contribution in [0.15, 0.2) is 52.3 Å². The summed E-state index contributed by atoms with van der Waals surface area (Å²) >= 11 is 11.8. The van der Waals surface area contributed by atoms with E-state index in [4.69, 9.17) is 28.5 Å². The van der Waals surface area contributed by atoms with Gasteiger partial charge < -0.3 is 0 Å². The fraction of sp³-hybridized carbons (Fsp3) is 0.235. The molecule has 1 heterocycles. The number of nitriles is 1. The van der Waals surface area contributed by atoms with Crippen LogP contribution in [0, 0.1) is 11.3 Å². The van der Waals surface area contributed by atoms with Gasteiger partial charge in [-0.25, -0.2) is 16.8 Å². The highest BCUT2D eigenvalue weighted by Gasteiger charge is 2.34. The van der Waals surface area contributed by atoms with Gasteiger partial charge in [0.05, 0.1) is 15.4 Å². The lowest BCUT2D eigenvalue weighted by atomic mass is 10.2. The summed E-state index contributed by atoms with van der Waals surface area (Å²) in [6.07, 6.45) is 0. The van der Waals surface area contributed by atoms with E-state index in [0.29, 0.717) is 0 Å². The van der Waals surface area contributed by atoms with Crippen LogP contribution >= 0.6 is 23.2 Å². The number of benzene rings is 2. The number of rotatable bonds is 4. The van der Waals surface area contributed by atoms with E-state index in [-0.39, 0.29) is 51.6 Å². The second-order valence-electron chi connectivity index (χ2n) is 6.02. The molecule has 0 amide bonds. The van der Waals surface area contributed by atoms with E-state index in [0.717, 1.165) is 0 Å². The zero-order valence-corrected chi connectivity index (χ0v) is 17.6. The van der Waals surface area contributed by atoms with Gasteiger partial charge in [0.15, 0.2) is 0 Å². The zero-order valence-electron chi connectivity index (χ0n) is 14.4. The van der Waals surface area contributed by atoms with Crippen LogP contribution in [0.3, 0.4) is 0 Å². The molecule has 2 aromatic carbocycles. The van der Waals surface area contributed by atoms with Gasteiger partial charge in [-0.2, -0.15) is 13.9 Å². The van der Waals surface area contributed by atoms with Gasteiger partial charge >= 0.3 is 0 Å². The van der Waals surface area contributed by atoms with Crippen LogP contribution < -0.4 is 0 Å². The third kappa shape index (κ3) is 4.03. The Hall–Kier alpha value is -1.67.